The highest BCUT2D eigenvalue weighted by Crippen LogP contribution is 2.53. The van der Waals surface area contributed by atoms with Gasteiger partial charge in [-0.15, -0.1) is 0 Å². The minimum atomic E-state index is -4.60. The predicted octanol–water partition coefficient (Wildman–Crippen LogP) is 6.83. The molecule has 4 aliphatic heterocycles. The number of aromatic amines is 1. The molecule has 0 unspecified atom stereocenters. The van der Waals surface area contributed by atoms with Crippen LogP contribution in [-0.4, -0.2) is 113 Å². The van der Waals surface area contributed by atoms with Crippen molar-refractivity contribution in [3.8, 4) is 16.9 Å². The van der Waals surface area contributed by atoms with Gasteiger partial charge in [0.15, 0.2) is 12.4 Å². The van der Waals surface area contributed by atoms with E-state index in [-0.39, 0.29) is 41.9 Å². The van der Waals surface area contributed by atoms with E-state index in [4.69, 9.17) is 14.7 Å². The van der Waals surface area contributed by atoms with E-state index in [1.807, 2.05) is 24.0 Å². The molecule has 1 amide bonds. The Bertz CT molecular complexity index is 2120. The van der Waals surface area contributed by atoms with Gasteiger partial charge >= 0.3 is 6.18 Å². The Morgan fingerprint density at radius 2 is 1.72 bits per heavy atom. The summed E-state index contributed by atoms with van der Waals surface area (Å²) in [6.45, 7) is 8.37. The lowest BCUT2D eigenvalue weighted by molar-refractivity contribution is -0.153. The van der Waals surface area contributed by atoms with E-state index >= 15 is 0 Å². The third-order valence-corrected chi connectivity index (χ3v) is 12.3. The molecule has 4 saturated heterocycles. The van der Waals surface area contributed by atoms with Crippen molar-refractivity contribution < 1.29 is 31.5 Å². The first-order valence-electron chi connectivity index (χ1n) is 18.8. The number of ether oxygens (including phenoxy) is 1. The van der Waals surface area contributed by atoms with E-state index in [9.17, 15) is 26.7 Å². The van der Waals surface area contributed by atoms with Gasteiger partial charge in [-0.05, 0) is 73.4 Å². The quantitative estimate of drug-likeness (QED) is 0.155. The molecule has 1 spiro atoms. The summed E-state index contributed by atoms with van der Waals surface area (Å²) in [5.74, 6) is -1.49. The van der Waals surface area contributed by atoms with Crippen LogP contribution in [0.4, 0.5) is 33.7 Å². The van der Waals surface area contributed by atoms with Crippen LogP contribution in [0.5, 0.6) is 5.75 Å². The van der Waals surface area contributed by atoms with Crippen LogP contribution < -0.4 is 14.5 Å². The topological polar surface area (TPSA) is 93.7 Å². The molecule has 0 atom stereocenters. The van der Waals surface area contributed by atoms with Gasteiger partial charge in [-0.1, -0.05) is 12.6 Å². The SMILES string of the molecule is C=CC(=O)N1CC2(CCN(c3nc(N4CC(N5CCC(F)(F)CC5)C4)nc4c(OCC(F)(F)F)c(-c5c(C)ccc6[nH]ncc56)c(C5CC5)cc34)CC2)C1. The lowest BCUT2D eigenvalue weighted by Crippen LogP contribution is -2.62. The summed E-state index contributed by atoms with van der Waals surface area (Å²) in [5.41, 5.74) is 4.22. The molecule has 10 nitrogen and oxygen atoms in total. The molecule has 6 heterocycles. The van der Waals surface area contributed by atoms with Crippen LogP contribution in [0, 0.1) is 12.3 Å². The normalized spacial score (nSPS) is 21.8. The number of aryl methyl sites for hydroxylation is 1. The number of aromatic nitrogens is 4. The van der Waals surface area contributed by atoms with E-state index in [0.717, 1.165) is 53.3 Å². The number of nitrogens with one attached hydrogen (secondary N) is 1. The van der Waals surface area contributed by atoms with Crippen LogP contribution in [0.3, 0.4) is 0 Å². The minimum Gasteiger partial charge on any atom is -0.481 e. The van der Waals surface area contributed by atoms with Crippen molar-refractivity contribution in [2.45, 2.75) is 69.5 Å². The fourth-order valence-electron chi connectivity index (χ4n) is 8.96. The Kier molecular flexibility index (Phi) is 8.32. The van der Waals surface area contributed by atoms with Crippen molar-refractivity contribution in [3.63, 3.8) is 0 Å². The van der Waals surface area contributed by atoms with Crippen molar-refractivity contribution >= 4 is 39.5 Å². The maximum atomic E-state index is 14.1. The lowest BCUT2D eigenvalue weighted by atomic mass is 9.72. The highest BCUT2D eigenvalue weighted by Gasteiger charge is 2.47. The number of fused-ring (bicyclic) bond motifs is 2. The van der Waals surface area contributed by atoms with Crippen molar-refractivity contribution in [1.82, 2.24) is 30.0 Å². The number of carbonyl (C=O) groups is 1. The Balaban J connectivity index is 1.16. The van der Waals surface area contributed by atoms with Gasteiger partial charge in [0.25, 0.3) is 5.92 Å². The van der Waals surface area contributed by atoms with Gasteiger partial charge in [0.2, 0.25) is 11.9 Å². The molecule has 1 saturated carbocycles. The largest absolute Gasteiger partial charge is 0.481 e. The first-order chi connectivity index (χ1) is 25.8. The zero-order valence-corrected chi connectivity index (χ0v) is 30.2. The van der Waals surface area contributed by atoms with Crippen LogP contribution in [0.1, 0.15) is 55.6 Å². The second kappa shape index (κ2) is 12.8. The Labute approximate surface area is 309 Å². The average molecular weight is 751 g/mol. The van der Waals surface area contributed by atoms with Gasteiger partial charge in [0.05, 0.1) is 11.7 Å². The van der Waals surface area contributed by atoms with Gasteiger partial charge < -0.3 is 19.4 Å². The fraction of sp³-hybridized carbons (Fsp3) is 0.538. The number of amides is 1. The number of nitrogens with zero attached hydrogens (tertiary/aromatic N) is 7. The van der Waals surface area contributed by atoms with Gasteiger partial charge in [0, 0.05) is 93.0 Å². The first kappa shape index (κ1) is 35.2. The summed E-state index contributed by atoms with van der Waals surface area (Å²) in [5, 5.41) is 8.70. The molecule has 15 heteroatoms. The third-order valence-electron chi connectivity index (χ3n) is 12.3. The summed E-state index contributed by atoms with van der Waals surface area (Å²) < 4.78 is 76.1. The number of rotatable bonds is 8. The average Bonchev–Trinajstić information content (AvgIpc) is 3.85. The highest BCUT2D eigenvalue weighted by molar-refractivity contribution is 6.06. The summed E-state index contributed by atoms with van der Waals surface area (Å²) >= 11 is 0. The predicted molar refractivity (Wildman–Crippen MR) is 195 cm³/mol. The molecular formula is C39H43F5N8O2. The zero-order chi connectivity index (χ0) is 37.6. The fourth-order valence-corrected chi connectivity index (χ4v) is 8.96. The van der Waals surface area contributed by atoms with Crippen molar-refractivity contribution in [2.75, 3.05) is 68.8 Å². The lowest BCUT2D eigenvalue weighted by Gasteiger charge is -2.54. The van der Waals surface area contributed by atoms with Gasteiger partial charge in [-0.3, -0.25) is 14.8 Å². The maximum absolute atomic E-state index is 14.1. The van der Waals surface area contributed by atoms with Crippen LogP contribution in [0.25, 0.3) is 32.9 Å². The second-order valence-electron chi connectivity index (χ2n) is 16.0. The number of alkyl halides is 5. The molecule has 5 fully saturated rings. The number of carbonyl (C=O) groups excluding carboxylic acids is 1. The molecule has 9 rings (SSSR count). The monoisotopic (exact) mass is 750 g/mol. The van der Waals surface area contributed by atoms with Crippen LogP contribution in [0.15, 0.2) is 37.1 Å². The van der Waals surface area contributed by atoms with Gasteiger partial charge in [-0.2, -0.15) is 23.3 Å². The Hall–Kier alpha value is -4.53. The van der Waals surface area contributed by atoms with Crippen LogP contribution >= 0.6 is 0 Å². The maximum Gasteiger partial charge on any atom is 0.422 e. The molecule has 0 radical (unpaired) electrons. The number of hydrogen-bond donors (Lipinski definition) is 1. The first-order valence-corrected chi connectivity index (χ1v) is 18.8. The smallest absolute Gasteiger partial charge is 0.422 e. The summed E-state index contributed by atoms with van der Waals surface area (Å²) in [4.78, 5) is 30.5. The second-order valence-corrected chi connectivity index (χ2v) is 16.0. The molecule has 0 bridgehead atoms. The molecule has 1 aliphatic carbocycles. The standard InChI is InChI=1S/C39H43F5N8O2/c1-3-30(53)52-20-37(21-52)8-12-50(13-9-37)35-27-16-26(24-5-6-24)32(31-23(2)4-7-29-28(31)17-45-48-29)34(54-22-39(42,43)44)33(27)46-36(47-35)51-18-25(19-51)49-14-10-38(40,41)11-15-49/h3-4,7,16-17,24-25H,1,5-6,8-15,18-22H2,2H3,(H,45,48). The van der Waals surface area contributed by atoms with E-state index in [1.165, 1.54) is 6.08 Å². The molecule has 5 aliphatic rings. The molecule has 2 aromatic heterocycles. The van der Waals surface area contributed by atoms with E-state index < -0.39 is 18.7 Å². The van der Waals surface area contributed by atoms with Crippen molar-refractivity contribution in [2.24, 2.45) is 5.41 Å². The molecular weight excluding hydrogens is 707 g/mol. The molecule has 2 aromatic carbocycles. The summed E-state index contributed by atoms with van der Waals surface area (Å²) in [6.07, 6.45) is 1.54. The molecule has 4 aromatic rings. The highest BCUT2D eigenvalue weighted by atomic mass is 19.4. The molecule has 1 N–H and O–H groups in total. The Morgan fingerprint density at radius 3 is 2.39 bits per heavy atom. The van der Waals surface area contributed by atoms with Crippen molar-refractivity contribution in [1.29, 1.82) is 0 Å². The summed E-state index contributed by atoms with van der Waals surface area (Å²) in [7, 11) is 0. The van der Waals surface area contributed by atoms with Crippen LogP contribution in [0.2, 0.25) is 0 Å². The number of likely N-dealkylation sites (tertiary alicyclic amines) is 2. The van der Waals surface area contributed by atoms with Crippen LogP contribution in [-0.2, 0) is 4.79 Å². The Morgan fingerprint density at radius 1 is 1.00 bits per heavy atom. The number of halogens is 5. The number of H-pyrrole nitrogens is 1. The van der Waals surface area contributed by atoms with Crippen molar-refractivity contribution in [3.05, 3.63) is 48.2 Å². The zero-order valence-electron chi connectivity index (χ0n) is 30.2. The van der Waals surface area contributed by atoms with Gasteiger partial charge in [-0.25, -0.2) is 13.8 Å². The third kappa shape index (κ3) is 6.31. The minimum absolute atomic E-state index is 0.00486. The molecule has 54 heavy (non-hydrogen) atoms. The van der Waals surface area contributed by atoms with Gasteiger partial charge in [0.1, 0.15) is 11.3 Å². The summed E-state index contributed by atoms with van der Waals surface area (Å²) in [6, 6.07) is 5.97. The van der Waals surface area contributed by atoms with E-state index in [1.54, 1.807) is 11.1 Å². The number of anilines is 2. The molecule has 286 valence electrons. The van der Waals surface area contributed by atoms with E-state index in [0.29, 0.717) is 80.6 Å². The number of benzene rings is 2. The van der Waals surface area contributed by atoms with E-state index in [2.05, 4.69) is 32.6 Å². The number of piperidine rings is 2. The number of hydrogen-bond acceptors (Lipinski definition) is 8.